The van der Waals surface area contributed by atoms with Crippen LogP contribution in [0.3, 0.4) is 0 Å². The van der Waals surface area contributed by atoms with Gasteiger partial charge >= 0.3 is 5.97 Å². The van der Waals surface area contributed by atoms with Gasteiger partial charge in [-0.3, -0.25) is 15.0 Å². The topological polar surface area (TPSA) is 113 Å². The number of aromatic nitrogens is 2. The Labute approximate surface area is 192 Å². The summed E-state index contributed by atoms with van der Waals surface area (Å²) in [5, 5.41) is 9.29. The van der Waals surface area contributed by atoms with Crippen LogP contribution in [0.4, 0.5) is 14.5 Å². The van der Waals surface area contributed by atoms with Crippen molar-refractivity contribution in [3.8, 4) is 0 Å². The maximum atomic E-state index is 16.3. The Balaban J connectivity index is 2.38. The number of H-pyrrole nitrogens is 1. The summed E-state index contributed by atoms with van der Waals surface area (Å²) in [4.78, 5) is 28.2. The molecule has 0 spiro atoms. The van der Waals surface area contributed by atoms with E-state index in [0.717, 1.165) is 5.57 Å². The molecule has 7 nitrogen and oxygen atoms in total. The minimum Gasteiger partial charge on any atom is -0.477 e. The first-order valence-electron chi connectivity index (χ1n) is 10.4. The summed E-state index contributed by atoms with van der Waals surface area (Å²) in [7, 11) is 0. The van der Waals surface area contributed by atoms with E-state index in [9.17, 15) is 14.7 Å². The minimum absolute atomic E-state index is 0.119. The molecule has 34 heavy (non-hydrogen) atoms. The largest absolute Gasteiger partial charge is 0.477 e. The number of pyridine rings is 1. The number of nitrogens with zero attached hydrogens (tertiary/aromatic N) is 1. The molecule has 4 aromatic rings. The Hall–Kier alpha value is -4.24. The van der Waals surface area contributed by atoms with Crippen molar-refractivity contribution in [1.82, 2.24) is 9.38 Å². The van der Waals surface area contributed by atoms with Gasteiger partial charge in [-0.2, -0.15) is 0 Å². The lowest BCUT2D eigenvalue weighted by Crippen LogP contribution is -2.22. The van der Waals surface area contributed by atoms with Crippen LogP contribution in [0.5, 0.6) is 0 Å². The second kappa shape index (κ2) is 8.60. The molecule has 0 fully saturated rings. The van der Waals surface area contributed by atoms with E-state index in [2.05, 4.69) is 10.4 Å². The van der Waals surface area contributed by atoms with Crippen molar-refractivity contribution in [1.29, 1.82) is 0 Å². The summed E-state index contributed by atoms with van der Waals surface area (Å²) >= 11 is 0. The van der Waals surface area contributed by atoms with Crippen molar-refractivity contribution in [2.24, 2.45) is 5.84 Å². The van der Waals surface area contributed by atoms with Gasteiger partial charge in [-0.1, -0.05) is 42.0 Å². The molecule has 0 aliphatic rings. The van der Waals surface area contributed by atoms with E-state index in [0.29, 0.717) is 11.0 Å². The maximum Gasteiger partial charge on any atom is 0.343 e. The highest BCUT2D eigenvalue weighted by molar-refractivity contribution is 6.07. The third-order valence-corrected chi connectivity index (χ3v) is 5.48. The number of nitrogen functional groups attached to an aromatic ring is 1. The van der Waals surface area contributed by atoms with Crippen LogP contribution in [-0.2, 0) is 0 Å². The van der Waals surface area contributed by atoms with Gasteiger partial charge in [0.05, 0.1) is 33.2 Å². The van der Waals surface area contributed by atoms with E-state index < -0.39 is 45.2 Å². The van der Waals surface area contributed by atoms with Crippen LogP contribution < -0.4 is 16.7 Å². The number of hydrazine groups is 1. The number of hydrogen-bond acceptors (Lipinski definition) is 4. The number of hydrogen-bond donors (Lipinski definition) is 4. The van der Waals surface area contributed by atoms with Crippen molar-refractivity contribution in [3.05, 3.63) is 87.1 Å². The van der Waals surface area contributed by atoms with Crippen molar-refractivity contribution < 1.29 is 18.7 Å². The Bertz CT molecular complexity index is 1640. The number of nitrogens with one attached hydrogen (secondary N) is 2. The third kappa shape index (κ3) is 3.37. The van der Waals surface area contributed by atoms with Crippen molar-refractivity contribution >= 4 is 44.8 Å². The number of halogens is 2. The number of allylic oxidation sites excluding steroid dienone is 6. The molecule has 0 saturated carbocycles. The molecule has 0 radical (unpaired) electrons. The highest BCUT2D eigenvalue weighted by atomic mass is 19.1. The Kier molecular flexibility index (Phi) is 5.80. The molecular weight excluding hydrogens is 442 g/mol. The van der Waals surface area contributed by atoms with E-state index >= 15 is 8.78 Å². The summed E-state index contributed by atoms with van der Waals surface area (Å²) < 4.78 is 33.3. The SMILES string of the molecule is C/C=C\C(=C/C=C(C)C)c1c(F)c(NN)c2c(=O)c(C(=O)O)c3[nH]c4ccccc4n3c2c1F. The van der Waals surface area contributed by atoms with E-state index in [4.69, 9.17) is 5.84 Å². The number of aromatic amines is 1. The number of nitrogens with two attached hydrogens (primary N) is 1. The number of fused-ring (bicyclic) bond motifs is 5. The van der Waals surface area contributed by atoms with Crippen LogP contribution >= 0.6 is 0 Å². The number of carboxylic acid groups (broad SMARTS) is 1. The van der Waals surface area contributed by atoms with Gasteiger partial charge in [-0.25, -0.2) is 13.6 Å². The first-order valence-corrected chi connectivity index (χ1v) is 10.4. The Morgan fingerprint density at radius 2 is 1.85 bits per heavy atom. The van der Waals surface area contributed by atoms with E-state index in [1.54, 1.807) is 49.4 Å². The first-order chi connectivity index (χ1) is 16.2. The number of carbonyl (C=O) groups is 1. The van der Waals surface area contributed by atoms with Crippen LogP contribution in [0.2, 0.25) is 0 Å². The molecule has 174 valence electrons. The molecule has 2 aromatic carbocycles. The molecule has 0 atom stereocenters. The van der Waals surface area contributed by atoms with Gasteiger partial charge < -0.3 is 15.5 Å². The summed E-state index contributed by atoms with van der Waals surface area (Å²) in [6, 6.07) is 6.69. The number of benzene rings is 2. The monoisotopic (exact) mass is 464 g/mol. The third-order valence-electron chi connectivity index (χ3n) is 5.48. The normalized spacial score (nSPS) is 12.2. The van der Waals surface area contributed by atoms with Gasteiger partial charge in [-0.05, 0) is 38.5 Å². The fraction of sp³-hybridized carbons (Fsp3) is 0.120. The zero-order valence-electron chi connectivity index (χ0n) is 18.7. The molecular formula is C25H22F2N4O3. The molecule has 0 unspecified atom stereocenters. The lowest BCUT2D eigenvalue weighted by Gasteiger charge is -2.16. The summed E-state index contributed by atoms with van der Waals surface area (Å²) in [6.45, 7) is 5.38. The molecule has 2 aromatic heterocycles. The first kappa shape index (κ1) is 22.9. The smallest absolute Gasteiger partial charge is 0.343 e. The standard InChI is InChI=1S/C25H22F2N4O3/c1-4-7-13(11-10-12(2)3)16-19(26)21(30-28)17-22(20(16)27)31-15-9-6-5-8-14(15)29-24(31)18(23(17)32)25(33)34/h4-11,29-30H,28H2,1-3H3,(H,33,34)/b7-4-,13-11+. The van der Waals surface area contributed by atoms with Crippen LogP contribution in [0.15, 0.2) is 58.9 Å². The average molecular weight is 464 g/mol. The molecule has 2 heterocycles. The summed E-state index contributed by atoms with van der Waals surface area (Å²) in [6.07, 6.45) is 6.43. The second-order valence-electron chi connectivity index (χ2n) is 7.95. The Morgan fingerprint density at radius 3 is 2.47 bits per heavy atom. The number of carboxylic acids is 1. The van der Waals surface area contributed by atoms with Gasteiger partial charge in [0.25, 0.3) is 0 Å². The summed E-state index contributed by atoms with van der Waals surface area (Å²) in [5.74, 6) is 1.93. The number of rotatable bonds is 5. The minimum atomic E-state index is -1.54. The van der Waals surface area contributed by atoms with Crippen LogP contribution in [0.1, 0.15) is 36.7 Å². The molecule has 0 aliphatic heterocycles. The molecule has 5 N–H and O–H groups in total. The fourth-order valence-electron chi connectivity index (χ4n) is 4.07. The number of anilines is 1. The van der Waals surface area contributed by atoms with Gasteiger partial charge in [0, 0.05) is 0 Å². The van der Waals surface area contributed by atoms with Crippen molar-refractivity contribution in [2.75, 3.05) is 5.43 Å². The second-order valence-corrected chi connectivity index (χ2v) is 7.95. The maximum absolute atomic E-state index is 16.3. The highest BCUT2D eigenvalue weighted by Crippen LogP contribution is 2.37. The van der Waals surface area contributed by atoms with Gasteiger partial charge in [0.2, 0.25) is 5.43 Å². The average Bonchev–Trinajstić information content (AvgIpc) is 3.16. The van der Waals surface area contributed by atoms with Gasteiger partial charge in [-0.15, -0.1) is 0 Å². The predicted molar refractivity (Wildman–Crippen MR) is 130 cm³/mol. The predicted octanol–water partition coefficient (Wildman–Crippen LogP) is 5.12. The van der Waals surface area contributed by atoms with Crippen molar-refractivity contribution in [3.63, 3.8) is 0 Å². The zero-order chi connectivity index (χ0) is 24.7. The van der Waals surface area contributed by atoms with Crippen molar-refractivity contribution in [2.45, 2.75) is 20.8 Å². The van der Waals surface area contributed by atoms with Crippen LogP contribution in [0.25, 0.3) is 33.2 Å². The van der Waals surface area contributed by atoms with Gasteiger partial charge in [0.1, 0.15) is 11.2 Å². The van der Waals surface area contributed by atoms with Crippen LogP contribution in [-0.4, -0.2) is 20.5 Å². The number of aromatic carboxylic acids is 1. The summed E-state index contributed by atoms with van der Waals surface area (Å²) in [5.41, 5.74) is 1.12. The van der Waals surface area contributed by atoms with E-state index in [1.165, 1.54) is 10.5 Å². The number of imidazole rings is 1. The van der Waals surface area contributed by atoms with E-state index in [1.807, 2.05) is 13.8 Å². The van der Waals surface area contributed by atoms with E-state index in [-0.39, 0.29) is 16.7 Å². The highest BCUT2D eigenvalue weighted by Gasteiger charge is 2.29. The molecule has 0 saturated heterocycles. The lowest BCUT2D eigenvalue weighted by atomic mass is 9.97. The zero-order valence-corrected chi connectivity index (χ0v) is 18.7. The molecule has 0 amide bonds. The fourth-order valence-corrected chi connectivity index (χ4v) is 4.07. The quantitative estimate of drug-likeness (QED) is 0.186. The molecule has 9 heteroatoms. The molecule has 4 rings (SSSR count). The molecule has 0 aliphatic carbocycles. The lowest BCUT2D eigenvalue weighted by molar-refractivity contribution is 0.0697. The molecule has 0 bridgehead atoms. The number of para-hydroxylation sites is 2. The van der Waals surface area contributed by atoms with Gasteiger partial charge in [0.15, 0.2) is 11.6 Å². The van der Waals surface area contributed by atoms with Crippen LogP contribution in [0, 0.1) is 11.6 Å². The Morgan fingerprint density at radius 1 is 1.15 bits per heavy atom.